The van der Waals surface area contributed by atoms with E-state index in [1.807, 2.05) is 0 Å². The van der Waals surface area contributed by atoms with Crippen molar-refractivity contribution in [2.45, 2.75) is 32.5 Å². The minimum atomic E-state index is -4.73. The number of amides is 1. The molecule has 0 N–H and O–H groups in total. The van der Waals surface area contributed by atoms with Crippen molar-refractivity contribution in [2.75, 3.05) is 20.3 Å². The van der Waals surface area contributed by atoms with Gasteiger partial charge in [-0.15, -0.1) is 0 Å². The molecule has 0 radical (unpaired) electrons. The normalized spacial score (nSPS) is 14.4. The van der Waals surface area contributed by atoms with Crippen LogP contribution >= 0.6 is 0 Å². The minimum Gasteiger partial charge on any atom is -0.471 e. The number of esters is 2. The zero-order chi connectivity index (χ0) is 22.0. The molecule has 0 fully saturated rings. The third-order valence-electron chi connectivity index (χ3n) is 4.14. The van der Waals surface area contributed by atoms with E-state index in [4.69, 9.17) is 9.47 Å². The van der Waals surface area contributed by atoms with Gasteiger partial charge in [-0.1, -0.05) is 12.1 Å². The molecule has 10 heteroatoms. The number of hydrogen-bond donors (Lipinski definition) is 0. The predicted molar refractivity (Wildman–Crippen MR) is 94.3 cm³/mol. The second-order valence-corrected chi connectivity index (χ2v) is 6.55. The highest BCUT2D eigenvalue weighted by Crippen LogP contribution is 2.41. The second-order valence-electron chi connectivity index (χ2n) is 6.55. The zero-order valence-electron chi connectivity index (χ0n) is 16.3. The van der Waals surface area contributed by atoms with E-state index in [2.05, 4.69) is 4.74 Å². The highest BCUT2D eigenvalue weighted by molar-refractivity contribution is 6.13. The molecule has 1 aromatic carbocycles. The third-order valence-corrected chi connectivity index (χ3v) is 4.14. The van der Waals surface area contributed by atoms with Crippen LogP contribution in [0.15, 0.2) is 30.0 Å². The molecule has 2 rings (SSSR count). The Morgan fingerprint density at radius 3 is 2.17 bits per heavy atom. The van der Waals surface area contributed by atoms with E-state index in [1.165, 1.54) is 31.4 Å². The molecule has 1 amide bonds. The van der Waals surface area contributed by atoms with Crippen molar-refractivity contribution in [3.8, 4) is 0 Å². The number of benzene rings is 1. The Balaban J connectivity index is 2.44. The van der Waals surface area contributed by atoms with E-state index in [0.29, 0.717) is 0 Å². The summed E-state index contributed by atoms with van der Waals surface area (Å²) in [6, 6.07) is 5.59. The van der Waals surface area contributed by atoms with Crippen LogP contribution in [0.3, 0.4) is 0 Å². The van der Waals surface area contributed by atoms with Gasteiger partial charge in [-0.25, -0.2) is 4.79 Å². The van der Waals surface area contributed by atoms with Gasteiger partial charge < -0.3 is 14.2 Å². The van der Waals surface area contributed by atoms with Crippen LogP contribution in [0.25, 0.3) is 5.70 Å². The lowest BCUT2D eigenvalue weighted by atomic mass is 10.0. The number of rotatable bonds is 7. The Labute approximate surface area is 165 Å². The molecule has 0 aliphatic carbocycles. The number of nitrogens with zero attached hydrogens (tertiary/aromatic N) is 1. The summed E-state index contributed by atoms with van der Waals surface area (Å²) in [5.41, 5.74) is -2.14. The summed E-state index contributed by atoms with van der Waals surface area (Å²) >= 11 is 0. The van der Waals surface area contributed by atoms with Gasteiger partial charge in [-0.3, -0.25) is 14.5 Å². The van der Waals surface area contributed by atoms with Crippen molar-refractivity contribution in [1.82, 2.24) is 4.90 Å². The predicted octanol–water partition coefficient (Wildman–Crippen LogP) is 2.90. The van der Waals surface area contributed by atoms with Crippen LogP contribution in [-0.2, 0) is 23.8 Å². The Bertz CT molecular complexity index is 842. The standard InChI is InChI=1S/C19H20F3NO6/c1-5-28-13(24)10-23-14(11-6-8-12(9-7-11)17(26)27-4)15(16(23)25)29-18(2,3)19(20,21)22/h6-9H,5,10H2,1-4H3. The molecule has 0 aromatic heterocycles. The first-order valence-electron chi connectivity index (χ1n) is 8.59. The number of carbonyl (C=O) groups excluding carboxylic acids is 3. The van der Waals surface area contributed by atoms with Crippen LogP contribution in [0, 0.1) is 0 Å². The Morgan fingerprint density at radius 2 is 1.69 bits per heavy atom. The van der Waals surface area contributed by atoms with Crippen LogP contribution in [-0.4, -0.2) is 54.8 Å². The molecule has 1 heterocycles. The molecular weight excluding hydrogens is 395 g/mol. The van der Waals surface area contributed by atoms with Crippen LogP contribution in [0.4, 0.5) is 13.2 Å². The molecule has 158 valence electrons. The number of ether oxygens (including phenoxy) is 3. The first-order chi connectivity index (χ1) is 13.4. The summed E-state index contributed by atoms with van der Waals surface area (Å²) in [6.07, 6.45) is -4.73. The Morgan fingerprint density at radius 1 is 1.10 bits per heavy atom. The van der Waals surface area contributed by atoms with Crippen LogP contribution in [0.5, 0.6) is 0 Å². The lowest BCUT2D eigenvalue weighted by Gasteiger charge is -2.39. The first kappa shape index (κ1) is 22.3. The Kier molecular flexibility index (Phi) is 6.24. The van der Waals surface area contributed by atoms with Crippen molar-refractivity contribution in [2.24, 2.45) is 0 Å². The highest BCUT2D eigenvalue weighted by atomic mass is 19.4. The van der Waals surface area contributed by atoms with Crippen molar-refractivity contribution >= 4 is 23.5 Å². The molecule has 1 aliphatic rings. The number of hydrogen-bond acceptors (Lipinski definition) is 6. The largest absolute Gasteiger partial charge is 0.471 e. The summed E-state index contributed by atoms with van der Waals surface area (Å²) in [5.74, 6) is -2.73. The third kappa shape index (κ3) is 4.52. The van der Waals surface area contributed by atoms with E-state index >= 15 is 0 Å². The maximum Gasteiger partial charge on any atom is 0.427 e. The van der Waals surface area contributed by atoms with E-state index < -0.39 is 41.9 Å². The SMILES string of the molecule is CCOC(=O)CN1C(=O)C(OC(C)(C)C(F)(F)F)=C1c1ccc(C(=O)OC)cc1. The quantitative estimate of drug-likeness (QED) is 0.637. The summed E-state index contributed by atoms with van der Waals surface area (Å²) < 4.78 is 54.0. The average Bonchev–Trinajstić information content (AvgIpc) is 2.65. The van der Waals surface area contributed by atoms with Crippen LogP contribution in [0.2, 0.25) is 0 Å². The van der Waals surface area contributed by atoms with Gasteiger partial charge in [0.05, 0.1) is 19.3 Å². The van der Waals surface area contributed by atoms with Gasteiger partial charge in [-0.2, -0.15) is 13.2 Å². The maximum atomic E-state index is 13.2. The van der Waals surface area contributed by atoms with Gasteiger partial charge in [-0.05, 0) is 32.9 Å². The second kappa shape index (κ2) is 8.14. The average molecular weight is 415 g/mol. The van der Waals surface area contributed by atoms with Gasteiger partial charge in [0.1, 0.15) is 12.2 Å². The molecule has 7 nitrogen and oxygen atoms in total. The van der Waals surface area contributed by atoms with E-state index in [1.54, 1.807) is 6.92 Å². The fraction of sp³-hybridized carbons (Fsp3) is 0.421. The van der Waals surface area contributed by atoms with Gasteiger partial charge >= 0.3 is 18.1 Å². The molecule has 0 spiro atoms. The van der Waals surface area contributed by atoms with Gasteiger partial charge in [0.2, 0.25) is 5.76 Å². The molecule has 29 heavy (non-hydrogen) atoms. The van der Waals surface area contributed by atoms with Crippen molar-refractivity contribution in [1.29, 1.82) is 0 Å². The summed E-state index contributed by atoms with van der Waals surface area (Å²) in [4.78, 5) is 36.7. The molecule has 1 aromatic rings. The topological polar surface area (TPSA) is 82.1 Å². The number of carbonyl (C=O) groups is 3. The number of halogens is 3. The lowest BCUT2D eigenvalue weighted by Crippen LogP contribution is -2.50. The first-order valence-corrected chi connectivity index (χ1v) is 8.59. The van der Waals surface area contributed by atoms with E-state index in [0.717, 1.165) is 18.7 Å². The number of methoxy groups -OCH3 is 1. The molecule has 0 saturated carbocycles. The monoisotopic (exact) mass is 415 g/mol. The molecular formula is C19H20F3NO6. The highest BCUT2D eigenvalue weighted by Gasteiger charge is 2.53. The molecule has 0 saturated heterocycles. The van der Waals surface area contributed by atoms with Crippen molar-refractivity contribution in [3.05, 3.63) is 41.2 Å². The molecule has 0 atom stereocenters. The van der Waals surface area contributed by atoms with Crippen molar-refractivity contribution in [3.63, 3.8) is 0 Å². The van der Waals surface area contributed by atoms with E-state index in [-0.39, 0.29) is 23.4 Å². The number of alkyl halides is 3. The van der Waals surface area contributed by atoms with Crippen LogP contribution in [0.1, 0.15) is 36.7 Å². The van der Waals surface area contributed by atoms with Crippen molar-refractivity contribution < 1.29 is 41.8 Å². The summed E-state index contributed by atoms with van der Waals surface area (Å²) in [7, 11) is 1.20. The maximum absolute atomic E-state index is 13.2. The summed E-state index contributed by atoms with van der Waals surface area (Å²) in [5, 5.41) is 0. The van der Waals surface area contributed by atoms with Gasteiger partial charge in [0.25, 0.3) is 5.91 Å². The zero-order valence-corrected chi connectivity index (χ0v) is 16.3. The lowest BCUT2D eigenvalue weighted by molar-refractivity contribution is -0.252. The van der Waals surface area contributed by atoms with Gasteiger partial charge in [0.15, 0.2) is 5.60 Å². The molecule has 1 aliphatic heterocycles. The summed E-state index contributed by atoms with van der Waals surface area (Å²) in [6.45, 7) is 2.76. The Hall–Kier alpha value is -3.04. The fourth-order valence-electron chi connectivity index (χ4n) is 2.46. The minimum absolute atomic E-state index is 0.00297. The molecule has 0 unspecified atom stereocenters. The molecule has 0 bridgehead atoms. The van der Waals surface area contributed by atoms with E-state index in [9.17, 15) is 27.6 Å². The smallest absolute Gasteiger partial charge is 0.427 e. The van der Waals surface area contributed by atoms with Gasteiger partial charge in [0, 0.05) is 5.56 Å². The van der Waals surface area contributed by atoms with Crippen LogP contribution < -0.4 is 0 Å². The fourth-order valence-corrected chi connectivity index (χ4v) is 2.46.